The van der Waals surface area contributed by atoms with Crippen LogP contribution in [0.3, 0.4) is 0 Å². The highest BCUT2D eigenvalue weighted by atomic mass is 16.5. The van der Waals surface area contributed by atoms with Crippen molar-refractivity contribution >= 4 is 0 Å². The molecule has 0 unspecified atom stereocenters. The van der Waals surface area contributed by atoms with Crippen molar-refractivity contribution in [2.45, 2.75) is 19.3 Å². The smallest absolute Gasteiger partial charge is 0.247 e. The van der Waals surface area contributed by atoms with Crippen molar-refractivity contribution in [2.24, 2.45) is 0 Å². The van der Waals surface area contributed by atoms with Crippen LogP contribution < -0.4 is 10.3 Å². The Morgan fingerprint density at radius 1 is 1.09 bits per heavy atom. The van der Waals surface area contributed by atoms with Crippen LogP contribution in [0.15, 0.2) is 66.0 Å². The fraction of sp³-hybridized carbons (Fsp3) is 0.188. The van der Waals surface area contributed by atoms with E-state index in [2.05, 4.69) is 15.2 Å². The Morgan fingerprint density at radius 3 is 2.41 bits per heavy atom. The summed E-state index contributed by atoms with van der Waals surface area (Å²) in [6, 6.07) is 10.3. The van der Waals surface area contributed by atoms with E-state index in [1.807, 2.05) is 12.3 Å². The average molecular weight is 299 g/mol. The Hall–Kier alpha value is -2.89. The SMILES string of the molecule is O=c1cccc[nH]1.O[n+]1ccccc1.c1n[nH]c2c1CCC2. The number of aromatic nitrogens is 4. The van der Waals surface area contributed by atoms with Crippen LogP contribution in [0.2, 0.25) is 0 Å². The van der Waals surface area contributed by atoms with Gasteiger partial charge in [-0.2, -0.15) is 5.10 Å². The van der Waals surface area contributed by atoms with Crippen molar-refractivity contribution < 1.29 is 9.94 Å². The van der Waals surface area contributed by atoms with E-state index in [4.69, 9.17) is 5.21 Å². The Balaban J connectivity index is 0.000000121. The third-order valence-corrected chi connectivity index (χ3v) is 3.06. The van der Waals surface area contributed by atoms with E-state index < -0.39 is 0 Å². The van der Waals surface area contributed by atoms with E-state index in [1.54, 1.807) is 42.9 Å². The van der Waals surface area contributed by atoms with Gasteiger partial charge < -0.3 is 4.98 Å². The van der Waals surface area contributed by atoms with Crippen LogP contribution in [-0.2, 0) is 12.8 Å². The predicted octanol–water partition coefficient (Wildman–Crippen LogP) is 1.48. The second-order valence-electron chi connectivity index (χ2n) is 4.71. The maximum absolute atomic E-state index is 10.2. The lowest BCUT2D eigenvalue weighted by atomic mass is 10.3. The average Bonchev–Trinajstić information content (AvgIpc) is 3.14. The van der Waals surface area contributed by atoms with E-state index in [0.29, 0.717) is 0 Å². The highest BCUT2D eigenvalue weighted by Gasteiger charge is 2.10. The largest absolute Gasteiger partial charge is 0.329 e. The van der Waals surface area contributed by atoms with Gasteiger partial charge in [0.25, 0.3) is 0 Å². The summed E-state index contributed by atoms with van der Waals surface area (Å²) in [5.74, 6) is 0. The molecule has 0 atom stereocenters. The molecule has 114 valence electrons. The van der Waals surface area contributed by atoms with Gasteiger partial charge in [0, 0.05) is 34.8 Å². The first-order chi connectivity index (χ1) is 10.8. The number of hydrogen-bond donors (Lipinski definition) is 3. The predicted molar refractivity (Wildman–Crippen MR) is 81.5 cm³/mol. The third kappa shape index (κ3) is 5.24. The van der Waals surface area contributed by atoms with Crippen molar-refractivity contribution in [3.05, 3.63) is 82.8 Å². The van der Waals surface area contributed by atoms with Crippen molar-refractivity contribution in [3.63, 3.8) is 0 Å². The molecule has 1 aliphatic rings. The van der Waals surface area contributed by atoms with Crippen LogP contribution in [0.4, 0.5) is 0 Å². The first-order valence-corrected chi connectivity index (χ1v) is 7.06. The normalized spacial score (nSPS) is 11.5. The molecule has 0 fully saturated rings. The summed E-state index contributed by atoms with van der Waals surface area (Å²) >= 11 is 0. The van der Waals surface area contributed by atoms with Gasteiger partial charge in [0.1, 0.15) is 0 Å². The van der Waals surface area contributed by atoms with Gasteiger partial charge in [-0.05, 0) is 30.9 Å². The molecule has 3 aromatic rings. The first kappa shape index (κ1) is 15.5. The van der Waals surface area contributed by atoms with Gasteiger partial charge in [0.15, 0.2) is 0 Å². The summed E-state index contributed by atoms with van der Waals surface area (Å²) in [5.41, 5.74) is 2.72. The van der Waals surface area contributed by atoms with E-state index in [-0.39, 0.29) is 5.56 Å². The van der Waals surface area contributed by atoms with Crippen LogP contribution in [-0.4, -0.2) is 20.4 Å². The van der Waals surface area contributed by atoms with Crippen molar-refractivity contribution in [1.82, 2.24) is 15.2 Å². The molecule has 0 amide bonds. The monoisotopic (exact) mass is 299 g/mol. The molecule has 1 aliphatic carbocycles. The number of fused-ring (bicyclic) bond motifs is 1. The van der Waals surface area contributed by atoms with Gasteiger partial charge in [-0.25, -0.2) is 0 Å². The molecular formula is C16H19N4O2+. The summed E-state index contributed by atoms with van der Waals surface area (Å²) < 4.78 is 1.00. The lowest BCUT2D eigenvalue weighted by Crippen LogP contribution is -2.27. The standard InChI is InChI=1S/C6H8N2.C5H6NO.C5H5NO/c1-2-5-4-7-8-6(5)3-1;7-6-4-2-1-3-5-6;7-5-3-1-2-4-6-5/h4H,1-3H2,(H,7,8);1-5,7H;1-4H,(H,6,7)/q;+1;. The minimum Gasteiger partial charge on any atom is -0.329 e. The molecule has 3 N–H and O–H groups in total. The van der Waals surface area contributed by atoms with E-state index >= 15 is 0 Å². The number of rotatable bonds is 0. The Labute approximate surface area is 128 Å². The van der Waals surface area contributed by atoms with Crippen LogP contribution in [0.25, 0.3) is 0 Å². The second kappa shape index (κ2) is 8.41. The van der Waals surface area contributed by atoms with Crippen LogP contribution in [0.1, 0.15) is 17.7 Å². The number of H-pyrrole nitrogens is 2. The molecule has 0 aliphatic heterocycles. The number of hydrogen-bond acceptors (Lipinski definition) is 3. The summed E-state index contributed by atoms with van der Waals surface area (Å²) in [4.78, 5) is 12.7. The molecule has 22 heavy (non-hydrogen) atoms. The maximum atomic E-state index is 10.2. The Morgan fingerprint density at radius 2 is 1.91 bits per heavy atom. The van der Waals surface area contributed by atoms with Gasteiger partial charge in [0.2, 0.25) is 18.0 Å². The highest BCUT2D eigenvalue weighted by molar-refractivity contribution is 5.20. The van der Waals surface area contributed by atoms with Gasteiger partial charge in [-0.1, -0.05) is 12.1 Å². The van der Waals surface area contributed by atoms with Crippen molar-refractivity contribution in [2.75, 3.05) is 0 Å². The van der Waals surface area contributed by atoms with E-state index in [1.165, 1.54) is 36.6 Å². The fourth-order valence-corrected chi connectivity index (χ4v) is 1.99. The minimum absolute atomic E-state index is 0.0532. The number of nitrogens with one attached hydrogen (secondary N) is 2. The number of aromatic amines is 2. The topological polar surface area (TPSA) is 85.7 Å². The zero-order valence-corrected chi connectivity index (χ0v) is 12.1. The molecule has 6 heteroatoms. The Bertz CT molecular complexity index is 686. The van der Waals surface area contributed by atoms with Crippen LogP contribution in [0.5, 0.6) is 0 Å². The third-order valence-electron chi connectivity index (χ3n) is 3.06. The quantitative estimate of drug-likeness (QED) is 0.434. The fourth-order valence-electron chi connectivity index (χ4n) is 1.99. The summed E-state index contributed by atoms with van der Waals surface area (Å²) in [5, 5.41) is 15.4. The van der Waals surface area contributed by atoms with Crippen LogP contribution >= 0.6 is 0 Å². The lowest BCUT2D eigenvalue weighted by Gasteiger charge is -1.79. The molecule has 3 heterocycles. The molecule has 6 nitrogen and oxygen atoms in total. The van der Waals surface area contributed by atoms with Gasteiger partial charge in [-0.15, -0.1) is 0 Å². The molecule has 0 aromatic carbocycles. The second-order valence-corrected chi connectivity index (χ2v) is 4.71. The molecule has 4 rings (SSSR count). The molecule has 0 radical (unpaired) electrons. The summed E-state index contributed by atoms with van der Waals surface area (Å²) in [6.45, 7) is 0. The van der Waals surface area contributed by atoms with Crippen molar-refractivity contribution in [1.29, 1.82) is 0 Å². The van der Waals surface area contributed by atoms with E-state index in [9.17, 15) is 4.79 Å². The molecular weight excluding hydrogens is 280 g/mol. The lowest BCUT2D eigenvalue weighted by molar-refractivity contribution is -0.904. The van der Waals surface area contributed by atoms with Crippen LogP contribution in [0, 0.1) is 0 Å². The first-order valence-electron chi connectivity index (χ1n) is 7.06. The van der Waals surface area contributed by atoms with Gasteiger partial charge in [0.05, 0.1) is 6.20 Å². The molecule has 3 aromatic heterocycles. The minimum atomic E-state index is -0.0532. The molecule has 0 saturated carbocycles. The number of pyridine rings is 2. The van der Waals surface area contributed by atoms with E-state index in [0.717, 1.165) is 4.73 Å². The number of nitrogens with zero attached hydrogens (tertiary/aromatic N) is 2. The molecule has 0 bridgehead atoms. The zero-order chi connectivity index (χ0) is 15.6. The van der Waals surface area contributed by atoms with Gasteiger partial charge >= 0.3 is 0 Å². The summed E-state index contributed by atoms with van der Waals surface area (Å²) in [6.07, 6.45) is 10.4. The maximum Gasteiger partial charge on any atom is 0.247 e. The Kier molecular flexibility index (Phi) is 5.92. The van der Waals surface area contributed by atoms with Gasteiger partial charge in [-0.3, -0.25) is 15.1 Å². The molecule has 0 spiro atoms. The highest BCUT2D eigenvalue weighted by Crippen LogP contribution is 2.17. The zero-order valence-electron chi connectivity index (χ0n) is 12.1. The summed E-state index contributed by atoms with van der Waals surface area (Å²) in [7, 11) is 0. The number of aryl methyl sites for hydroxylation is 2. The molecule has 0 saturated heterocycles. The van der Waals surface area contributed by atoms with Crippen molar-refractivity contribution in [3.8, 4) is 0 Å².